The maximum atomic E-state index is 13.3. The van der Waals surface area contributed by atoms with E-state index in [1.165, 1.54) is 16.8 Å². The van der Waals surface area contributed by atoms with Gasteiger partial charge in [-0.25, -0.2) is 17.8 Å². The SMILES string of the molecule is O=S(=O)(NCC1CCCO1)C1C=CC(n2nc(C(F)(F)F)c3c2CCOC3)=CC1. The van der Waals surface area contributed by atoms with Crippen LogP contribution in [0.1, 0.15) is 36.2 Å². The van der Waals surface area contributed by atoms with Crippen LogP contribution in [-0.4, -0.2) is 49.3 Å². The van der Waals surface area contributed by atoms with Crippen LogP contribution >= 0.6 is 0 Å². The average molecular weight is 433 g/mol. The lowest BCUT2D eigenvalue weighted by Crippen LogP contribution is -2.38. The number of hydrogen-bond donors (Lipinski definition) is 1. The lowest BCUT2D eigenvalue weighted by molar-refractivity contribution is -0.142. The van der Waals surface area contributed by atoms with E-state index in [4.69, 9.17) is 9.47 Å². The van der Waals surface area contributed by atoms with Crippen LogP contribution in [0.2, 0.25) is 0 Å². The number of aromatic nitrogens is 2. The lowest BCUT2D eigenvalue weighted by Gasteiger charge is -2.20. The first kappa shape index (κ1) is 20.6. The van der Waals surface area contributed by atoms with Crippen molar-refractivity contribution in [3.63, 3.8) is 0 Å². The molecular weight excluding hydrogens is 411 g/mol. The molecule has 11 heteroatoms. The number of hydrogen-bond acceptors (Lipinski definition) is 5. The molecule has 29 heavy (non-hydrogen) atoms. The van der Waals surface area contributed by atoms with E-state index in [2.05, 4.69) is 9.82 Å². The van der Waals surface area contributed by atoms with E-state index in [9.17, 15) is 21.6 Å². The van der Waals surface area contributed by atoms with Gasteiger partial charge in [-0.3, -0.25) is 0 Å². The molecule has 0 bridgehead atoms. The van der Waals surface area contributed by atoms with Gasteiger partial charge in [0.25, 0.3) is 0 Å². The van der Waals surface area contributed by atoms with E-state index in [1.807, 2.05) is 0 Å². The molecule has 7 nitrogen and oxygen atoms in total. The number of ether oxygens (including phenoxy) is 2. The van der Waals surface area contributed by atoms with Crippen molar-refractivity contribution in [2.75, 3.05) is 19.8 Å². The molecule has 0 amide bonds. The first-order valence-corrected chi connectivity index (χ1v) is 11.0. The summed E-state index contributed by atoms with van der Waals surface area (Å²) >= 11 is 0. The third kappa shape index (κ3) is 4.27. The third-order valence-corrected chi connectivity index (χ3v) is 7.02. The first-order valence-electron chi connectivity index (χ1n) is 9.50. The number of alkyl halides is 3. The Bertz CT molecular complexity index is 931. The maximum Gasteiger partial charge on any atom is 0.435 e. The summed E-state index contributed by atoms with van der Waals surface area (Å²) in [4.78, 5) is 0. The summed E-state index contributed by atoms with van der Waals surface area (Å²) in [7, 11) is -3.60. The monoisotopic (exact) mass is 433 g/mol. The van der Waals surface area contributed by atoms with Gasteiger partial charge in [0.1, 0.15) is 0 Å². The van der Waals surface area contributed by atoms with Crippen molar-refractivity contribution >= 4 is 15.7 Å². The molecule has 1 aliphatic carbocycles. The highest BCUT2D eigenvalue weighted by Gasteiger charge is 2.40. The van der Waals surface area contributed by atoms with Gasteiger partial charge in [-0.2, -0.15) is 18.3 Å². The smallest absolute Gasteiger partial charge is 0.377 e. The summed E-state index contributed by atoms with van der Waals surface area (Å²) in [6, 6.07) is 0. The highest BCUT2D eigenvalue weighted by atomic mass is 32.2. The Morgan fingerprint density at radius 1 is 1.31 bits per heavy atom. The Balaban J connectivity index is 1.50. The number of allylic oxidation sites excluding steroid dienone is 3. The second-order valence-electron chi connectivity index (χ2n) is 7.28. The molecule has 0 spiro atoms. The van der Waals surface area contributed by atoms with E-state index in [-0.39, 0.29) is 31.2 Å². The van der Waals surface area contributed by atoms with Crippen LogP contribution in [0.4, 0.5) is 13.2 Å². The van der Waals surface area contributed by atoms with Crippen molar-refractivity contribution < 1.29 is 31.1 Å². The van der Waals surface area contributed by atoms with Gasteiger partial charge in [-0.1, -0.05) is 12.2 Å². The molecule has 2 atom stereocenters. The zero-order valence-electron chi connectivity index (χ0n) is 15.6. The van der Waals surface area contributed by atoms with E-state index in [1.54, 1.807) is 6.08 Å². The fourth-order valence-corrected chi connectivity index (χ4v) is 5.04. The Labute approximate surface area is 166 Å². The summed E-state index contributed by atoms with van der Waals surface area (Å²) in [6.45, 7) is 1.05. The molecule has 2 unspecified atom stereocenters. The van der Waals surface area contributed by atoms with Crippen LogP contribution in [0.25, 0.3) is 5.70 Å². The van der Waals surface area contributed by atoms with Crippen LogP contribution in [0.3, 0.4) is 0 Å². The topological polar surface area (TPSA) is 82.5 Å². The number of halogens is 3. The van der Waals surface area contributed by atoms with Crippen molar-refractivity contribution in [1.82, 2.24) is 14.5 Å². The molecule has 1 N–H and O–H groups in total. The molecule has 3 heterocycles. The molecule has 3 aliphatic rings. The summed E-state index contributed by atoms with van der Waals surface area (Å²) in [5.74, 6) is 0. The van der Waals surface area contributed by atoms with Gasteiger partial charge >= 0.3 is 6.18 Å². The normalized spacial score (nSPS) is 25.1. The minimum Gasteiger partial charge on any atom is -0.377 e. The predicted octanol–water partition coefficient (Wildman–Crippen LogP) is 2.24. The average Bonchev–Trinajstić information content (AvgIpc) is 3.34. The van der Waals surface area contributed by atoms with E-state index in [0.717, 1.165) is 12.8 Å². The molecule has 0 radical (unpaired) electrons. The van der Waals surface area contributed by atoms with Crippen LogP contribution in [0, 0.1) is 0 Å². The van der Waals surface area contributed by atoms with Crippen molar-refractivity contribution in [2.45, 2.75) is 49.8 Å². The van der Waals surface area contributed by atoms with Gasteiger partial charge in [0, 0.05) is 25.1 Å². The Hall–Kier alpha value is -1.69. The lowest BCUT2D eigenvalue weighted by atomic mass is 10.1. The zero-order valence-corrected chi connectivity index (χ0v) is 16.4. The molecule has 160 valence electrons. The third-order valence-electron chi connectivity index (χ3n) is 5.31. The predicted molar refractivity (Wildman–Crippen MR) is 98.3 cm³/mol. The van der Waals surface area contributed by atoms with Gasteiger partial charge in [-0.05, 0) is 25.3 Å². The summed E-state index contributed by atoms with van der Waals surface area (Å²) < 4.78 is 79.4. The molecule has 1 aromatic rings. The first-order chi connectivity index (χ1) is 13.8. The quantitative estimate of drug-likeness (QED) is 0.770. The summed E-state index contributed by atoms with van der Waals surface area (Å²) in [6.07, 6.45) is 2.14. The molecule has 4 rings (SSSR count). The summed E-state index contributed by atoms with van der Waals surface area (Å²) in [5.41, 5.74) is -0.0120. The van der Waals surface area contributed by atoms with Gasteiger partial charge in [0.05, 0.1) is 36.0 Å². The van der Waals surface area contributed by atoms with Gasteiger partial charge < -0.3 is 9.47 Å². The highest BCUT2D eigenvalue weighted by molar-refractivity contribution is 7.90. The van der Waals surface area contributed by atoms with E-state index < -0.39 is 27.1 Å². The van der Waals surface area contributed by atoms with Crippen molar-refractivity contribution in [3.05, 3.63) is 35.2 Å². The number of fused-ring (bicyclic) bond motifs is 1. The molecule has 1 fully saturated rings. The minimum atomic E-state index is -4.58. The number of rotatable bonds is 5. The minimum absolute atomic E-state index is 0.0472. The van der Waals surface area contributed by atoms with Crippen LogP contribution in [0.15, 0.2) is 18.2 Å². The summed E-state index contributed by atoms with van der Waals surface area (Å²) in [5, 5.41) is 2.99. The fourth-order valence-electron chi connectivity index (χ4n) is 3.78. The molecular formula is C18H22F3N3O4S. The van der Waals surface area contributed by atoms with E-state index in [0.29, 0.717) is 31.0 Å². The van der Waals surface area contributed by atoms with Crippen molar-refractivity contribution in [3.8, 4) is 0 Å². The fraction of sp³-hybridized carbons (Fsp3) is 0.611. The maximum absolute atomic E-state index is 13.3. The number of nitrogens with one attached hydrogen (secondary N) is 1. The standard InChI is InChI=1S/C18H22F3N3O4S/c19-18(20,21)17-15-11-27-9-7-16(15)24(23-17)12-3-5-14(6-4-12)29(25,26)22-10-13-2-1-8-28-13/h3-5,13-14,22H,1-2,6-11H2. The van der Waals surface area contributed by atoms with Crippen LogP contribution < -0.4 is 4.72 Å². The zero-order chi connectivity index (χ0) is 20.6. The van der Waals surface area contributed by atoms with Crippen molar-refractivity contribution in [2.24, 2.45) is 0 Å². The Morgan fingerprint density at radius 2 is 2.14 bits per heavy atom. The molecule has 2 aliphatic heterocycles. The second kappa shape index (κ2) is 7.86. The number of sulfonamides is 1. The van der Waals surface area contributed by atoms with Crippen LogP contribution in [-0.2, 0) is 38.7 Å². The van der Waals surface area contributed by atoms with Gasteiger partial charge in [0.2, 0.25) is 10.0 Å². The molecule has 0 aromatic carbocycles. The molecule has 1 saturated heterocycles. The second-order valence-corrected chi connectivity index (χ2v) is 9.26. The Kier molecular flexibility index (Phi) is 5.58. The van der Waals surface area contributed by atoms with Crippen molar-refractivity contribution in [1.29, 1.82) is 0 Å². The molecule has 1 aromatic heterocycles. The number of nitrogens with zero attached hydrogens (tertiary/aromatic N) is 2. The highest BCUT2D eigenvalue weighted by Crippen LogP contribution is 2.36. The molecule has 0 saturated carbocycles. The van der Waals surface area contributed by atoms with Gasteiger partial charge in [0.15, 0.2) is 5.69 Å². The Morgan fingerprint density at radius 3 is 2.79 bits per heavy atom. The van der Waals surface area contributed by atoms with Crippen LogP contribution in [0.5, 0.6) is 0 Å². The largest absolute Gasteiger partial charge is 0.435 e. The van der Waals surface area contributed by atoms with E-state index >= 15 is 0 Å². The van der Waals surface area contributed by atoms with Gasteiger partial charge in [-0.15, -0.1) is 0 Å².